The molecule has 6 heteroatoms. The van der Waals surface area contributed by atoms with Crippen LogP contribution in [-0.2, 0) is 13.1 Å². The molecule has 0 spiro atoms. The second kappa shape index (κ2) is 4.71. The van der Waals surface area contributed by atoms with Crippen molar-refractivity contribution in [2.24, 2.45) is 5.73 Å². The van der Waals surface area contributed by atoms with Crippen molar-refractivity contribution in [1.82, 2.24) is 14.8 Å². The third kappa shape index (κ3) is 2.28. The summed E-state index contributed by atoms with van der Waals surface area (Å²) in [6.45, 7) is 0.869. The van der Waals surface area contributed by atoms with E-state index in [1.54, 1.807) is 16.8 Å². The lowest BCUT2D eigenvalue weighted by Gasteiger charge is -2.05. The van der Waals surface area contributed by atoms with E-state index in [-0.39, 0.29) is 5.82 Å². The Labute approximate surface area is 100 Å². The van der Waals surface area contributed by atoms with Crippen LogP contribution in [0.3, 0.4) is 0 Å². The first-order chi connectivity index (χ1) is 7.70. The van der Waals surface area contributed by atoms with Gasteiger partial charge in [-0.15, -0.1) is 0 Å². The van der Waals surface area contributed by atoms with Crippen molar-refractivity contribution in [3.63, 3.8) is 0 Å². The summed E-state index contributed by atoms with van der Waals surface area (Å²) in [7, 11) is 0. The van der Waals surface area contributed by atoms with Crippen molar-refractivity contribution in [3.8, 4) is 0 Å². The lowest BCUT2D eigenvalue weighted by Crippen LogP contribution is -2.10. The van der Waals surface area contributed by atoms with E-state index in [0.29, 0.717) is 23.4 Å². The summed E-state index contributed by atoms with van der Waals surface area (Å²) in [4.78, 5) is 4.01. The number of rotatable bonds is 3. The summed E-state index contributed by atoms with van der Waals surface area (Å²) in [5, 5.41) is 4.05. The molecule has 0 aliphatic carbocycles. The lowest BCUT2D eigenvalue weighted by atomic mass is 10.2. The summed E-state index contributed by atoms with van der Waals surface area (Å²) in [6.07, 6.45) is 1.46. The fraction of sp³-hybridized carbons (Fsp3) is 0.200. The van der Waals surface area contributed by atoms with Gasteiger partial charge in [0.2, 0.25) is 0 Å². The largest absolute Gasteiger partial charge is 0.324 e. The molecule has 0 fully saturated rings. The molecule has 2 aromatic rings. The van der Waals surface area contributed by atoms with E-state index in [2.05, 4.69) is 26.0 Å². The van der Waals surface area contributed by atoms with Gasteiger partial charge in [-0.3, -0.25) is 0 Å². The molecule has 4 nitrogen and oxygen atoms in total. The fourth-order valence-corrected chi connectivity index (χ4v) is 1.82. The minimum absolute atomic E-state index is 0.276. The number of nitrogens with zero attached hydrogens (tertiary/aromatic N) is 3. The van der Waals surface area contributed by atoms with Crippen molar-refractivity contribution < 1.29 is 4.39 Å². The van der Waals surface area contributed by atoms with Gasteiger partial charge in [0.25, 0.3) is 0 Å². The Morgan fingerprint density at radius 1 is 1.44 bits per heavy atom. The second-order valence-corrected chi connectivity index (χ2v) is 4.14. The number of benzene rings is 1. The number of halogens is 2. The quantitative estimate of drug-likeness (QED) is 0.933. The van der Waals surface area contributed by atoms with Gasteiger partial charge in [-0.05, 0) is 33.6 Å². The Morgan fingerprint density at radius 2 is 2.25 bits per heavy atom. The van der Waals surface area contributed by atoms with E-state index in [1.165, 1.54) is 12.4 Å². The van der Waals surface area contributed by atoms with Crippen LogP contribution in [0, 0.1) is 5.82 Å². The van der Waals surface area contributed by atoms with Gasteiger partial charge in [0.05, 0.1) is 17.6 Å². The highest BCUT2D eigenvalue weighted by molar-refractivity contribution is 9.10. The third-order valence-corrected chi connectivity index (χ3v) is 2.80. The van der Waals surface area contributed by atoms with Gasteiger partial charge in [-0.25, -0.2) is 14.1 Å². The minimum atomic E-state index is -0.276. The summed E-state index contributed by atoms with van der Waals surface area (Å²) >= 11 is 3.14. The predicted octanol–water partition coefficient (Wildman–Crippen LogP) is 1.69. The monoisotopic (exact) mass is 284 g/mol. The molecule has 0 aliphatic rings. The van der Waals surface area contributed by atoms with E-state index in [0.717, 1.165) is 5.56 Å². The Morgan fingerprint density at radius 3 is 2.94 bits per heavy atom. The van der Waals surface area contributed by atoms with Crippen LogP contribution in [0.1, 0.15) is 11.4 Å². The molecule has 1 aromatic carbocycles. The Balaban J connectivity index is 2.24. The molecule has 0 unspecified atom stereocenters. The van der Waals surface area contributed by atoms with Gasteiger partial charge in [0, 0.05) is 0 Å². The maximum absolute atomic E-state index is 13.0. The zero-order chi connectivity index (χ0) is 11.5. The number of hydrogen-bond acceptors (Lipinski definition) is 3. The molecule has 0 amide bonds. The average Bonchev–Trinajstić information content (AvgIpc) is 2.71. The number of nitrogens with two attached hydrogens (primary N) is 1. The predicted molar refractivity (Wildman–Crippen MR) is 61.1 cm³/mol. The molecular weight excluding hydrogens is 275 g/mol. The topological polar surface area (TPSA) is 56.7 Å². The van der Waals surface area contributed by atoms with E-state index in [1.807, 2.05) is 0 Å². The highest BCUT2D eigenvalue weighted by Crippen LogP contribution is 2.17. The van der Waals surface area contributed by atoms with Gasteiger partial charge in [0.15, 0.2) is 0 Å². The molecule has 0 bridgehead atoms. The van der Waals surface area contributed by atoms with Crippen molar-refractivity contribution in [1.29, 1.82) is 0 Å². The summed E-state index contributed by atoms with van der Waals surface area (Å²) in [6, 6.07) is 4.85. The summed E-state index contributed by atoms with van der Waals surface area (Å²) < 4.78 is 15.2. The van der Waals surface area contributed by atoms with E-state index >= 15 is 0 Å². The molecule has 0 saturated heterocycles. The number of hydrogen-bond donors (Lipinski definition) is 1. The van der Waals surface area contributed by atoms with Crippen molar-refractivity contribution >= 4 is 15.9 Å². The second-order valence-electron chi connectivity index (χ2n) is 3.29. The van der Waals surface area contributed by atoms with Crippen LogP contribution >= 0.6 is 15.9 Å². The smallest absolute Gasteiger partial charge is 0.140 e. The van der Waals surface area contributed by atoms with Crippen LogP contribution in [0.2, 0.25) is 0 Å². The first kappa shape index (κ1) is 11.2. The zero-order valence-electron chi connectivity index (χ0n) is 8.40. The van der Waals surface area contributed by atoms with Gasteiger partial charge in [-0.2, -0.15) is 5.10 Å². The third-order valence-electron chi connectivity index (χ3n) is 2.19. The molecule has 84 valence electrons. The molecule has 2 rings (SSSR count). The van der Waals surface area contributed by atoms with Crippen molar-refractivity contribution in [2.45, 2.75) is 13.1 Å². The molecule has 0 saturated carbocycles. The van der Waals surface area contributed by atoms with Gasteiger partial charge in [0.1, 0.15) is 18.0 Å². The maximum atomic E-state index is 13.0. The van der Waals surface area contributed by atoms with Crippen LogP contribution < -0.4 is 5.73 Å². The summed E-state index contributed by atoms with van der Waals surface area (Å²) in [5.74, 6) is 0.432. The van der Waals surface area contributed by atoms with Gasteiger partial charge < -0.3 is 5.73 Å². The van der Waals surface area contributed by atoms with Crippen LogP contribution in [0.4, 0.5) is 4.39 Å². The molecule has 2 N–H and O–H groups in total. The minimum Gasteiger partial charge on any atom is -0.324 e. The Hall–Kier alpha value is -1.27. The van der Waals surface area contributed by atoms with Gasteiger partial charge >= 0.3 is 0 Å². The summed E-state index contributed by atoms with van der Waals surface area (Å²) in [5.41, 5.74) is 6.45. The molecule has 16 heavy (non-hydrogen) atoms. The SMILES string of the molecule is NCc1ncnn1Cc1ccc(F)c(Br)c1. The molecule has 1 heterocycles. The zero-order valence-corrected chi connectivity index (χ0v) is 9.98. The first-order valence-corrected chi connectivity index (χ1v) is 5.50. The van der Waals surface area contributed by atoms with Gasteiger partial charge in [-0.1, -0.05) is 6.07 Å². The van der Waals surface area contributed by atoms with E-state index in [9.17, 15) is 4.39 Å². The van der Waals surface area contributed by atoms with Crippen LogP contribution in [0.5, 0.6) is 0 Å². The molecule has 0 radical (unpaired) electrons. The number of aromatic nitrogens is 3. The molecule has 0 aliphatic heterocycles. The van der Waals surface area contributed by atoms with Crippen LogP contribution in [0.15, 0.2) is 29.0 Å². The Kier molecular flexibility index (Phi) is 3.31. The molecular formula is C10H10BrFN4. The highest BCUT2D eigenvalue weighted by atomic mass is 79.9. The normalized spacial score (nSPS) is 10.7. The first-order valence-electron chi connectivity index (χ1n) is 4.71. The molecule has 0 atom stereocenters. The maximum Gasteiger partial charge on any atom is 0.140 e. The van der Waals surface area contributed by atoms with Crippen molar-refractivity contribution in [2.75, 3.05) is 0 Å². The van der Waals surface area contributed by atoms with Crippen molar-refractivity contribution in [3.05, 3.63) is 46.2 Å². The van der Waals surface area contributed by atoms with E-state index < -0.39 is 0 Å². The lowest BCUT2D eigenvalue weighted by molar-refractivity contribution is 0.613. The van der Waals surface area contributed by atoms with Crippen LogP contribution in [0.25, 0.3) is 0 Å². The Bertz CT molecular complexity index is 497. The molecule has 1 aromatic heterocycles. The van der Waals surface area contributed by atoms with Crippen LogP contribution in [-0.4, -0.2) is 14.8 Å². The average molecular weight is 285 g/mol. The van der Waals surface area contributed by atoms with E-state index in [4.69, 9.17) is 5.73 Å². The standard InChI is InChI=1S/C10H10BrFN4/c11-8-3-7(1-2-9(8)12)5-16-10(4-13)14-6-15-16/h1-3,6H,4-5,13H2. The highest BCUT2D eigenvalue weighted by Gasteiger charge is 2.05. The fourth-order valence-electron chi connectivity index (χ4n) is 1.39.